The van der Waals surface area contributed by atoms with Crippen LogP contribution in [-0.2, 0) is 22.6 Å². The molecular weight excluding hydrogens is 421 g/mol. The van der Waals surface area contributed by atoms with E-state index in [9.17, 15) is 18.0 Å². The van der Waals surface area contributed by atoms with Crippen molar-refractivity contribution in [2.75, 3.05) is 13.1 Å². The van der Waals surface area contributed by atoms with E-state index in [-0.39, 0.29) is 5.91 Å². The zero-order valence-corrected chi connectivity index (χ0v) is 17.2. The van der Waals surface area contributed by atoms with Crippen molar-refractivity contribution >= 4 is 23.2 Å². The van der Waals surface area contributed by atoms with Gasteiger partial charge in [0.1, 0.15) is 11.5 Å². The highest BCUT2D eigenvalue weighted by Crippen LogP contribution is 2.33. The molecule has 2 aromatic heterocycles. The number of halogens is 3. The summed E-state index contributed by atoms with van der Waals surface area (Å²) >= 11 is 1.67. The largest absolute Gasteiger partial charge is 0.490 e. The fourth-order valence-corrected chi connectivity index (χ4v) is 4.71. The number of thiophene rings is 1. The highest BCUT2D eigenvalue weighted by atomic mass is 32.1. The van der Waals surface area contributed by atoms with Crippen molar-refractivity contribution in [2.45, 2.75) is 51.0 Å². The minimum absolute atomic E-state index is 0.288. The number of carbonyl (C=O) groups excluding carboxylic acids is 1. The van der Waals surface area contributed by atoms with E-state index < -0.39 is 12.1 Å². The quantitative estimate of drug-likeness (QED) is 0.779. The molecule has 4 rings (SSSR count). The maximum absolute atomic E-state index is 12.6. The lowest BCUT2D eigenvalue weighted by Gasteiger charge is -2.25. The number of likely N-dealkylation sites (tertiary alicyclic amines) is 2. The summed E-state index contributed by atoms with van der Waals surface area (Å²) in [5.74, 6) is -0.468. The highest BCUT2D eigenvalue weighted by Gasteiger charge is 2.44. The molecule has 2 fully saturated rings. The minimum Gasteiger partial charge on any atom is -0.475 e. The summed E-state index contributed by atoms with van der Waals surface area (Å²) in [7, 11) is 0. The maximum Gasteiger partial charge on any atom is 0.490 e. The first kappa shape index (κ1) is 22.4. The first-order valence-corrected chi connectivity index (χ1v) is 10.4. The summed E-state index contributed by atoms with van der Waals surface area (Å²) in [5.41, 5.74) is 0. The monoisotopic (exact) mass is 444 g/mol. The van der Waals surface area contributed by atoms with Crippen molar-refractivity contribution in [3.63, 3.8) is 0 Å². The first-order chi connectivity index (χ1) is 14.1. The summed E-state index contributed by atoms with van der Waals surface area (Å²) in [6.07, 6.45) is -2.36. The van der Waals surface area contributed by atoms with Gasteiger partial charge in [-0.25, -0.2) is 4.79 Å². The van der Waals surface area contributed by atoms with Gasteiger partial charge in [0.2, 0.25) is 5.91 Å². The number of carbonyl (C=O) groups is 2. The van der Waals surface area contributed by atoms with E-state index >= 15 is 0 Å². The van der Waals surface area contributed by atoms with Crippen LogP contribution in [0.4, 0.5) is 13.2 Å². The van der Waals surface area contributed by atoms with E-state index in [0.717, 1.165) is 44.0 Å². The number of aryl methyl sites for hydroxylation is 1. The Morgan fingerprint density at radius 3 is 2.47 bits per heavy atom. The molecule has 1 amide bonds. The second-order valence-electron chi connectivity index (χ2n) is 7.34. The molecule has 6 nitrogen and oxygen atoms in total. The second kappa shape index (κ2) is 9.22. The highest BCUT2D eigenvalue weighted by molar-refractivity contribution is 7.10. The van der Waals surface area contributed by atoms with Crippen LogP contribution in [0.1, 0.15) is 29.2 Å². The molecule has 4 heterocycles. The summed E-state index contributed by atoms with van der Waals surface area (Å²) in [6, 6.07) is 9.04. The summed E-state index contributed by atoms with van der Waals surface area (Å²) < 4.78 is 37.5. The average Bonchev–Trinajstić information content (AvgIpc) is 3.42. The molecule has 10 heteroatoms. The van der Waals surface area contributed by atoms with Crippen LogP contribution in [-0.4, -0.2) is 58.1 Å². The lowest BCUT2D eigenvalue weighted by atomic mass is 10.1. The summed E-state index contributed by atoms with van der Waals surface area (Å²) in [6.45, 7) is 4.80. The smallest absolute Gasteiger partial charge is 0.475 e. The number of hydrogen-bond acceptors (Lipinski definition) is 5. The van der Waals surface area contributed by atoms with Crippen LogP contribution in [0.15, 0.2) is 34.1 Å². The molecule has 2 saturated heterocycles. The summed E-state index contributed by atoms with van der Waals surface area (Å²) in [4.78, 5) is 27.3. The first-order valence-electron chi connectivity index (χ1n) is 9.56. The maximum atomic E-state index is 12.6. The Bertz CT molecular complexity index is 866. The van der Waals surface area contributed by atoms with E-state index in [0.29, 0.717) is 18.5 Å². The Hall–Kier alpha value is -2.33. The van der Waals surface area contributed by atoms with E-state index in [4.69, 9.17) is 14.3 Å². The van der Waals surface area contributed by atoms with Gasteiger partial charge >= 0.3 is 12.1 Å². The molecule has 30 heavy (non-hydrogen) atoms. The predicted octanol–water partition coefficient (Wildman–Crippen LogP) is 3.70. The molecule has 0 saturated carbocycles. The normalized spacial score (nSPS) is 21.3. The molecule has 2 atom stereocenters. The number of carboxylic acids is 1. The van der Waals surface area contributed by atoms with Crippen molar-refractivity contribution < 1.29 is 32.3 Å². The zero-order valence-electron chi connectivity index (χ0n) is 16.4. The Morgan fingerprint density at radius 1 is 1.20 bits per heavy atom. The number of nitrogens with zero attached hydrogens (tertiary/aromatic N) is 2. The Morgan fingerprint density at radius 2 is 1.90 bits per heavy atom. The molecule has 0 aliphatic carbocycles. The minimum atomic E-state index is -5.08. The van der Waals surface area contributed by atoms with Gasteiger partial charge in [0.25, 0.3) is 0 Å². The Kier molecular flexibility index (Phi) is 6.87. The number of amides is 1. The predicted molar refractivity (Wildman–Crippen MR) is 104 cm³/mol. The van der Waals surface area contributed by atoms with Gasteiger partial charge in [0.15, 0.2) is 0 Å². The molecule has 2 aromatic rings. The van der Waals surface area contributed by atoms with E-state index in [1.807, 2.05) is 24.4 Å². The second-order valence-corrected chi connectivity index (χ2v) is 8.37. The van der Waals surface area contributed by atoms with Crippen molar-refractivity contribution in [3.05, 3.63) is 46.0 Å². The number of rotatable bonds is 4. The van der Waals surface area contributed by atoms with Crippen LogP contribution >= 0.6 is 11.3 Å². The van der Waals surface area contributed by atoms with Gasteiger partial charge in [0, 0.05) is 30.1 Å². The topological polar surface area (TPSA) is 74.0 Å². The zero-order chi connectivity index (χ0) is 21.9. The van der Waals surface area contributed by atoms with Crippen molar-refractivity contribution in [2.24, 2.45) is 0 Å². The fourth-order valence-electron chi connectivity index (χ4n) is 4.02. The number of hydrogen-bond donors (Lipinski definition) is 1. The lowest BCUT2D eigenvalue weighted by Crippen LogP contribution is -2.40. The number of furan rings is 1. The number of aliphatic carboxylic acids is 1. The molecule has 164 valence electrons. The molecule has 1 N–H and O–H groups in total. The molecule has 0 aromatic carbocycles. The SMILES string of the molecule is Cc1ccc(CN2CC[C@@H]3[C@@H]2CCN3C(=O)Cc2cccs2)o1.O=C(O)C(F)(F)F. The molecule has 2 aliphatic rings. The number of carboxylic acid groups (broad SMARTS) is 1. The fraction of sp³-hybridized carbons (Fsp3) is 0.500. The summed E-state index contributed by atoms with van der Waals surface area (Å²) in [5, 5.41) is 9.16. The van der Waals surface area contributed by atoms with Gasteiger partial charge in [0.05, 0.1) is 13.0 Å². The van der Waals surface area contributed by atoms with Crippen LogP contribution in [0.3, 0.4) is 0 Å². The van der Waals surface area contributed by atoms with Crippen LogP contribution in [0, 0.1) is 6.92 Å². The van der Waals surface area contributed by atoms with Gasteiger partial charge in [-0.2, -0.15) is 13.2 Å². The van der Waals surface area contributed by atoms with Crippen molar-refractivity contribution in [1.29, 1.82) is 0 Å². The molecule has 0 unspecified atom stereocenters. The van der Waals surface area contributed by atoms with Crippen molar-refractivity contribution in [1.82, 2.24) is 9.80 Å². The van der Waals surface area contributed by atoms with E-state index in [1.54, 1.807) is 11.3 Å². The van der Waals surface area contributed by atoms with Gasteiger partial charge in [-0.3, -0.25) is 9.69 Å². The van der Waals surface area contributed by atoms with Crippen LogP contribution in [0.5, 0.6) is 0 Å². The van der Waals surface area contributed by atoms with Gasteiger partial charge in [-0.1, -0.05) is 6.07 Å². The third kappa shape index (κ3) is 5.42. The van der Waals surface area contributed by atoms with Crippen LogP contribution in [0.2, 0.25) is 0 Å². The molecular formula is C20H23F3N2O4S. The molecule has 2 aliphatic heterocycles. The van der Waals surface area contributed by atoms with Crippen LogP contribution in [0.25, 0.3) is 0 Å². The molecule has 0 bridgehead atoms. The number of fused-ring (bicyclic) bond motifs is 1. The Balaban J connectivity index is 0.000000318. The third-order valence-electron chi connectivity index (χ3n) is 5.31. The van der Waals surface area contributed by atoms with E-state index in [1.165, 1.54) is 4.88 Å². The molecule has 0 radical (unpaired) electrons. The Labute approximate surface area is 175 Å². The van der Waals surface area contributed by atoms with Gasteiger partial charge < -0.3 is 14.4 Å². The lowest BCUT2D eigenvalue weighted by molar-refractivity contribution is -0.192. The standard InChI is InChI=1S/C18H22N2O2S.C2HF3O2/c1-13-4-5-14(22-13)12-19-8-6-17-16(19)7-9-20(17)18(21)11-15-3-2-10-23-15;3-2(4,5)1(6)7/h2-5,10,16-17H,6-9,11-12H2,1H3;(H,6,7)/t16-,17+;/m0./s1. The van der Waals surface area contributed by atoms with Crippen LogP contribution < -0.4 is 0 Å². The van der Waals surface area contributed by atoms with Gasteiger partial charge in [-0.05, 0) is 43.3 Å². The molecule has 0 spiro atoms. The number of alkyl halides is 3. The van der Waals surface area contributed by atoms with Crippen molar-refractivity contribution in [3.8, 4) is 0 Å². The van der Waals surface area contributed by atoms with Gasteiger partial charge in [-0.15, -0.1) is 11.3 Å². The van der Waals surface area contributed by atoms with E-state index in [2.05, 4.69) is 21.9 Å². The average molecular weight is 444 g/mol. The third-order valence-corrected chi connectivity index (χ3v) is 6.19.